The maximum Gasteiger partial charge on any atom is 0.252 e. The minimum atomic E-state index is -0.130. The number of nitrogens with zero attached hydrogens (tertiary/aromatic N) is 2. The zero-order chi connectivity index (χ0) is 21.8. The Bertz CT molecular complexity index is 1050. The van der Waals surface area contributed by atoms with E-state index in [2.05, 4.69) is 40.0 Å². The number of hydrogen-bond donors (Lipinski definition) is 2. The van der Waals surface area contributed by atoms with Crippen molar-refractivity contribution in [1.29, 1.82) is 0 Å². The monoisotopic (exact) mass is 418 g/mol. The molecular weight excluding hydrogens is 388 g/mol. The molecule has 1 aliphatic rings. The second-order valence-electron chi connectivity index (χ2n) is 8.17. The molecule has 162 valence electrons. The van der Waals surface area contributed by atoms with Gasteiger partial charge in [0.25, 0.3) is 5.91 Å². The zero-order valence-corrected chi connectivity index (χ0v) is 18.4. The van der Waals surface area contributed by atoms with Crippen LogP contribution in [0.25, 0.3) is 11.1 Å². The van der Waals surface area contributed by atoms with Crippen LogP contribution in [0.5, 0.6) is 5.75 Å². The van der Waals surface area contributed by atoms with Crippen LogP contribution in [0.15, 0.2) is 54.9 Å². The number of hydrogen-bond acceptors (Lipinski definition) is 4. The van der Waals surface area contributed by atoms with E-state index in [1.54, 1.807) is 11.8 Å². The third-order valence-corrected chi connectivity index (χ3v) is 6.07. The van der Waals surface area contributed by atoms with Crippen molar-refractivity contribution in [2.75, 3.05) is 13.7 Å². The van der Waals surface area contributed by atoms with Gasteiger partial charge in [0, 0.05) is 36.0 Å². The Labute approximate surface area is 183 Å². The lowest BCUT2D eigenvalue weighted by molar-refractivity contribution is 0.0921. The largest absolute Gasteiger partial charge is 0.496 e. The molecule has 0 saturated carbocycles. The van der Waals surface area contributed by atoms with Gasteiger partial charge in [0.15, 0.2) is 0 Å². The highest BCUT2D eigenvalue weighted by Crippen LogP contribution is 2.29. The van der Waals surface area contributed by atoms with E-state index in [9.17, 15) is 4.79 Å². The van der Waals surface area contributed by atoms with Gasteiger partial charge in [0.1, 0.15) is 5.75 Å². The Morgan fingerprint density at radius 2 is 2.06 bits per heavy atom. The lowest BCUT2D eigenvalue weighted by Crippen LogP contribution is -2.46. The zero-order valence-electron chi connectivity index (χ0n) is 18.4. The summed E-state index contributed by atoms with van der Waals surface area (Å²) < 4.78 is 7.21. The fourth-order valence-corrected chi connectivity index (χ4v) is 4.36. The molecule has 2 heterocycles. The van der Waals surface area contributed by atoms with Crippen LogP contribution in [0, 0.1) is 6.92 Å². The summed E-state index contributed by atoms with van der Waals surface area (Å²) >= 11 is 0. The number of nitrogens with one attached hydrogen (secondary N) is 2. The van der Waals surface area contributed by atoms with Gasteiger partial charge < -0.3 is 15.4 Å². The van der Waals surface area contributed by atoms with Crippen LogP contribution in [0.2, 0.25) is 0 Å². The van der Waals surface area contributed by atoms with Crippen LogP contribution >= 0.6 is 0 Å². The van der Waals surface area contributed by atoms with Crippen molar-refractivity contribution in [3.05, 3.63) is 71.5 Å². The van der Waals surface area contributed by atoms with Gasteiger partial charge in [0.2, 0.25) is 0 Å². The number of carbonyl (C=O) groups is 1. The summed E-state index contributed by atoms with van der Waals surface area (Å²) in [4.78, 5) is 13.3. The van der Waals surface area contributed by atoms with E-state index in [0.717, 1.165) is 47.4 Å². The molecule has 1 aliphatic heterocycles. The van der Waals surface area contributed by atoms with Crippen LogP contribution in [-0.4, -0.2) is 35.4 Å². The molecule has 2 atom stereocenters. The van der Waals surface area contributed by atoms with Crippen LogP contribution in [0.1, 0.15) is 46.8 Å². The fraction of sp³-hybridized carbons (Fsp3) is 0.360. The predicted molar refractivity (Wildman–Crippen MR) is 122 cm³/mol. The lowest BCUT2D eigenvalue weighted by Gasteiger charge is -2.32. The second kappa shape index (κ2) is 9.35. The number of rotatable bonds is 6. The minimum absolute atomic E-state index is 0.0828. The summed E-state index contributed by atoms with van der Waals surface area (Å²) in [5, 5.41) is 11.2. The van der Waals surface area contributed by atoms with Gasteiger partial charge >= 0.3 is 0 Å². The molecule has 0 spiro atoms. The predicted octanol–water partition coefficient (Wildman–Crippen LogP) is 4.02. The number of amides is 1. The molecule has 1 saturated heterocycles. The third kappa shape index (κ3) is 4.64. The third-order valence-electron chi connectivity index (χ3n) is 6.07. The first kappa shape index (κ1) is 21.1. The van der Waals surface area contributed by atoms with Gasteiger partial charge in [-0.3, -0.25) is 9.48 Å². The first-order valence-electron chi connectivity index (χ1n) is 10.8. The number of carbonyl (C=O) groups excluding carboxylic acids is 1. The number of ether oxygens (including phenoxy) is 1. The van der Waals surface area contributed by atoms with E-state index in [1.807, 2.05) is 44.6 Å². The Hall–Kier alpha value is -3.12. The molecule has 1 amide bonds. The molecule has 1 aromatic heterocycles. The summed E-state index contributed by atoms with van der Waals surface area (Å²) in [5.41, 5.74) is 4.74. The molecule has 4 rings (SSSR count). The van der Waals surface area contributed by atoms with Crippen molar-refractivity contribution in [3.8, 4) is 16.9 Å². The molecule has 3 aromatic rings. The maximum atomic E-state index is 13.3. The van der Waals surface area contributed by atoms with Crippen LogP contribution in [0.3, 0.4) is 0 Å². The second-order valence-corrected chi connectivity index (χ2v) is 8.17. The molecule has 0 aliphatic carbocycles. The topological polar surface area (TPSA) is 68.2 Å². The Morgan fingerprint density at radius 3 is 2.77 bits per heavy atom. The van der Waals surface area contributed by atoms with E-state index in [1.165, 1.54) is 6.42 Å². The van der Waals surface area contributed by atoms with Gasteiger partial charge in [-0.2, -0.15) is 5.10 Å². The van der Waals surface area contributed by atoms with Crippen molar-refractivity contribution < 1.29 is 9.53 Å². The number of benzene rings is 2. The minimum Gasteiger partial charge on any atom is -0.496 e. The molecule has 1 fully saturated rings. The smallest absolute Gasteiger partial charge is 0.252 e. The molecule has 2 N–H and O–H groups in total. The fourth-order valence-electron chi connectivity index (χ4n) is 4.36. The lowest BCUT2D eigenvalue weighted by atomic mass is 9.90. The summed E-state index contributed by atoms with van der Waals surface area (Å²) in [5.74, 6) is 0.638. The summed E-state index contributed by atoms with van der Waals surface area (Å²) in [6, 6.07) is 14.0. The Morgan fingerprint density at radius 1 is 1.23 bits per heavy atom. The Kier molecular flexibility index (Phi) is 6.37. The van der Waals surface area contributed by atoms with Crippen molar-refractivity contribution in [2.45, 2.75) is 38.3 Å². The maximum absolute atomic E-state index is 13.3. The quantitative estimate of drug-likeness (QED) is 0.635. The number of aromatic nitrogens is 2. The number of piperidine rings is 1. The molecule has 31 heavy (non-hydrogen) atoms. The normalized spacial score (nSPS) is 17.2. The van der Waals surface area contributed by atoms with Gasteiger partial charge in [-0.15, -0.1) is 0 Å². The van der Waals surface area contributed by atoms with E-state index in [0.29, 0.717) is 5.56 Å². The van der Waals surface area contributed by atoms with Crippen LogP contribution in [-0.2, 0) is 7.05 Å². The first-order chi connectivity index (χ1) is 15.1. The molecule has 6 heteroatoms. The van der Waals surface area contributed by atoms with Crippen molar-refractivity contribution in [1.82, 2.24) is 20.4 Å². The average molecular weight is 419 g/mol. The van der Waals surface area contributed by atoms with Gasteiger partial charge in [-0.05, 0) is 55.6 Å². The number of aryl methyl sites for hydroxylation is 1. The number of methoxy groups -OCH3 is 1. The molecule has 6 nitrogen and oxygen atoms in total. The first-order valence-corrected chi connectivity index (χ1v) is 10.8. The highest BCUT2D eigenvalue weighted by atomic mass is 16.5. The molecule has 0 unspecified atom stereocenters. The Balaban J connectivity index is 1.66. The van der Waals surface area contributed by atoms with Crippen LogP contribution < -0.4 is 15.4 Å². The van der Waals surface area contributed by atoms with E-state index in [-0.39, 0.29) is 18.0 Å². The highest BCUT2D eigenvalue weighted by Gasteiger charge is 2.27. The summed E-state index contributed by atoms with van der Waals surface area (Å²) in [6.45, 7) is 2.89. The van der Waals surface area contributed by atoms with Crippen LogP contribution in [0.4, 0.5) is 0 Å². The van der Waals surface area contributed by atoms with E-state index in [4.69, 9.17) is 4.74 Å². The van der Waals surface area contributed by atoms with Crippen molar-refractivity contribution in [2.24, 2.45) is 7.05 Å². The standard InChI is InChI=1S/C25H30N4O2/c1-17-21(10-7-12-23(17)31-3)25(30)28-24(22-11-4-5-13-26-22)19-9-6-8-18(14-19)20-15-27-29(2)16-20/h6-10,12,14-16,22,24,26H,4-5,11,13H2,1-3H3,(H,28,30)/t22-,24-/m0/s1. The highest BCUT2D eigenvalue weighted by molar-refractivity contribution is 5.96. The summed E-state index contributed by atoms with van der Waals surface area (Å²) in [6.07, 6.45) is 7.22. The molecular formula is C25H30N4O2. The van der Waals surface area contributed by atoms with E-state index >= 15 is 0 Å². The van der Waals surface area contributed by atoms with E-state index < -0.39 is 0 Å². The molecule has 0 bridgehead atoms. The molecule has 2 aromatic carbocycles. The van der Waals surface area contributed by atoms with Crippen molar-refractivity contribution >= 4 is 5.91 Å². The average Bonchev–Trinajstić information content (AvgIpc) is 3.24. The molecule has 0 radical (unpaired) electrons. The van der Waals surface area contributed by atoms with Gasteiger partial charge in [0.05, 0.1) is 19.3 Å². The SMILES string of the molecule is COc1cccc(C(=O)N[C@@H](c2cccc(-c3cnn(C)c3)c2)[C@@H]2CCCCN2)c1C. The van der Waals surface area contributed by atoms with Crippen molar-refractivity contribution in [3.63, 3.8) is 0 Å². The van der Waals surface area contributed by atoms with Gasteiger partial charge in [-0.25, -0.2) is 0 Å². The van der Waals surface area contributed by atoms with Gasteiger partial charge in [-0.1, -0.05) is 30.7 Å². The summed E-state index contributed by atoms with van der Waals surface area (Å²) in [7, 11) is 3.54.